The minimum absolute atomic E-state index is 0.205. The van der Waals surface area contributed by atoms with Crippen LogP contribution in [0.4, 0.5) is 0 Å². The summed E-state index contributed by atoms with van der Waals surface area (Å²) in [5, 5.41) is 0.788. The van der Waals surface area contributed by atoms with Crippen LogP contribution in [-0.4, -0.2) is 23.3 Å². The summed E-state index contributed by atoms with van der Waals surface area (Å²) in [7, 11) is 1.64. The molecule has 2 aromatic heterocycles. The van der Waals surface area contributed by atoms with Crippen molar-refractivity contribution in [2.75, 3.05) is 13.7 Å². The fourth-order valence-electron chi connectivity index (χ4n) is 2.84. The Morgan fingerprint density at radius 1 is 1.25 bits per heavy atom. The molecule has 0 unspecified atom stereocenters. The third kappa shape index (κ3) is 2.99. The van der Waals surface area contributed by atoms with Crippen molar-refractivity contribution in [2.24, 2.45) is 0 Å². The van der Waals surface area contributed by atoms with E-state index in [1.165, 1.54) is 11.3 Å². The standard InChI is InChI=1S/C18H20N2O3S/c1-3-7-14-19-17-15(18(22)20(14)10-6-11-23-2)16(21)12-8-4-5-9-13(12)24-17/h4-5,8-9H,3,6-7,10-11H2,1-2H3. The van der Waals surface area contributed by atoms with Gasteiger partial charge in [0.15, 0.2) is 0 Å². The molecule has 0 radical (unpaired) electrons. The summed E-state index contributed by atoms with van der Waals surface area (Å²) < 4.78 is 7.59. The Morgan fingerprint density at radius 3 is 2.79 bits per heavy atom. The molecule has 24 heavy (non-hydrogen) atoms. The first-order valence-corrected chi connectivity index (χ1v) is 8.93. The van der Waals surface area contributed by atoms with Gasteiger partial charge in [-0.15, -0.1) is 11.3 Å². The van der Waals surface area contributed by atoms with Gasteiger partial charge in [0, 0.05) is 36.8 Å². The molecule has 6 heteroatoms. The molecule has 0 spiro atoms. The summed E-state index contributed by atoms with van der Waals surface area (Å²) in [6.07, 6.45) is 2.32. The van der Waals surface area contributed by atoms with Crippen molar-refractivity contribution in [1.29, 1.82) is 0 Å². The first kappa shape index (κ1) is 16.8. The molecule has 0 saturated carbocycles. The van der Waals surface area contributed by atoms with E-state index in [2.05, 4.69) is 11.9 Å². The van der Waals surface area contributed by atoms with Crippen LogP contribution in [-0.2, 0) is 17.7 Å². The van der Waals surface area contributed by atoms with Gasteiger partial charge in [0.05, 0.1) is 0 Å². The maximum atomic E-state index is 13.0. The van der Waals surface area contributed by atoms with Crippen LogP contribution in [0.25, 0.3) is 20.3 Å². The molecule has 2 heterocycles. The molecule has 0 aliphatic carbocycles. The Balaban J connectivity index is 2.29. The first-order valence-electron chi connectivity index (χ1n) is 8.11. The first-order chi connectivity index (χ1) is 11.7. The van der Waals surface area contributed by atoms with Crippen molar-refractivity contribution >= 4 is 31.6 Å². The van der Waals surface area contributed by atoms with E-state index in [1.54, 1.807) is 17.7 Å². The monoisotopic (exact) mass is 344 g/mol. The second kappa shape index (κ2) is 7.23. The lowest BCUT2D eigenvalue weighted by molar-refractivity contribution is 0.189. The molecule has 0 saturated heterocycles. The number of aromatic nitrogens is 2. The van der Waals surface area contributed by atoms with Crippen LogP contribution in [0.1, 0.15) is 25.6 Å². The Labute approximate surface area is 143 Å². The van der Waals surface area contributed by atoms with Crippen LogP contribution in [0.3, 0.4) is 0 Å². The lowest BCUT2D eigenvalue weighted by Gasteiger charge is -2.12. The summed E-state index contributed by atoms with van der Waals surface area (Å²) in [6, 6.07) is 7.37. The number of ether oxygens (including phenoxy) is 1. The van der Waals surface area contributed by atoms with E-state index < -0.39 is 0 Å². The molecule has 0 aliphatic heterocycles. The number of rotatable bonds is 6. The van der Waals surface area contributed by atoms with Gasteiger partial charge in [-0.3, -0.25) is 14.2 Å². The van der Waals surface area contributed by atoms with Crippen LogP contribution in [0.5, 0.6) is 0 Å². The Hall–Kier alpha value is -2.05. The predicted molar refractivity (Wildman–Crippen MR) is 98.1 cm³/mol. The van der Waals surface area contributed by atoms with E-state index in [-0.39, 0.29) is 16.4 Å². The van der Waals surface area contributed by atoms with Crippen molar-refractivity contribution in [3.63, 3.8) is 0 Å². The van der Waals surface area contributed by atoms with E-state index in [0.29, 0.717) is 36.2 Å². The molecular formula is C18H20N2O3S. The van der Waals surface area contributed by atoms with Gasteiger partial charge in [0.25, 0.3) is 5.56 Å². The number of nitrogens with zero attached hydrogens (tertiary/aromatic N) is 2. The smallest absolute Gasteiger partial charge is 0.266 e. The summed E-state index contributed by atoms with van der Waals surface area (Å²) in [5.41, 5.74) is -0.452. The van der Waals surface area contributed by atoms with Crippen molar-refractivity contribution in [1.82, 2.24) is 9.55 Å². The normalized spacial score (nSPS) is 11.4. The van der Waals surface area contributed by atoms with Gasteiger partial charge in [-0.25, -0.2) is 4.98 Å². The van der Waals surface area contributed by atoms with Crippen molar-refractivity contribution in [3.8, 4) is 0 Å². The zero-order valence-corrected chi connectivity index (χ0v) is 14.7. The van der Waals surface area contributed by atoms with Gasteiger partial charge in [0.1, 0.15) is 16.0 Å². The van der Waals surface area contributed by atoms with Gasteiger partial charge in [0.2, 0.25) is 5.43 Å². The molecule has 0 N–H and O–H groups in total. The highest BCUT2D eigenvalue weighted by Crippen LogP contribution is 2.21. The van der Waals surface area contributed by atoms with Crippen LogP contribution in [0.2, 0.25) is 0 Å². The lowest BCUT2D eigenvalue weighted by Crippen LogP contribution is -2.29. The summed E-state index contributed by atoms with van der Waals surface area (Å²) >= 11 is 1.41. The van der Waals surface area contributed by atoms with Crippen LogP contribution < -0.4 is 11.0 Å². The van der Waals surface area contributed by atoms with Gasteiger partial charge in [-0.1, -0.05) is 19.1 Å². The third-order valence-electron chi connectivity index (χ3n) is 3.98. The zero-order chi connectivity index (χ0) is 17.1. The third-order valence-corrected chi connectivity index (χ3v) is 5.05. The summed E-state index contributed by atoms with van der Waals surface area (Å²) in [5.74, 6) is 0.747. The number of aryl methyl sites for hydroxylation is 1. The number of benzene rings is 1. The fraction of sp³-hybridized carbons (Fsp3) is 0.389. The van der Waals surface area contributed by atoms with Gasteiger partial charge >= 0.3 is 0 Å². The molecule has 0 bridgehead atoms. The summed E-state index contributed by atoms with van der Waals surface area (Å²) in [4.78, 5) is 31.0. The van der Waals surface area contributed by atoms with E-state index in [0.717, 1.165) is 16.9 Å². The van der Waals surface area contributed by atoms with Crippen LogP contribution in [0, 0.1) is 0 Å². The molecule has 5 nitrogen and oxygen atoms in total. The molecule has 0 fully saturated rings. The average molecular weight is 344 g/mol. The molecule has 3 aromatic rings. The lowest BCUT2D eigenvalue weighted by atomic mass is 10.2. The van der Waals surface area contributed by atoms with E-state index in [4.69, 9.17) is 4.74 Å². The molecule has 0 aliphatic rings. The largest absolute Gasteiger partial charge is 0.385 e. The molecule has 0 atom stereocenters. The molecule has 3 rings (SSSR count). The second-order valence-electron chi connectivity index (χ2n) is 5.69. The van der Waals surface area contributed by atoms with Crippen LogP contribution >= 0.6 is 11.3 Å². The summed E-state index contributed by atoms with van der Waals surface area (Å²) in [6.45, 7) is 3.14. The Morgan fingerprint density at radius 2 is 2.04 bits per heavy atom. The number of hydrogen-bond acceptors (Lipinski definition) is 5. The van der Waals surface area contributed by atoms with Gasteiger partial charge in [-0.2, -0.15) is 0 Å². The number of methoxy groups -OCH3 is 1. The molecule has 0 amide bonds. The number of fused-ring (bicyclic) bond motifs is 2. The molecule has 1 aromatic carbocycles. The highest BCUT2D eigenvalue weighted by Gasteiger charge is 2.15. The zero-order valence-electron chi connectivity index (χ0n) is 13.9. The maximum Gasteiger partial charge on any atom is 0.266 e. The van der Waals surface area contributed by atoms with Gasteiger partial charge in [-0.05, 0) is 25.0 Å². The Bertz CT molecular complexity index is 991. The fourth-order valence-corrected chi connectivity index (χ4v) is 3.90. The van der Waals surface area contributed by atoms with Crippen LogP contribution in [0.15, 0.2) is 33.9 Å². The molecule has 126 valence electrons. The predicted octanol–water partition coefficient (Wildman–Crippen LogP) is 2.96. The second-order valence-corrected chi connectivity index (χ2v) is 6.72. The van der Waals surface area contributed by atoms with E-state index >= 15 is 0 Å². The van der Waals surface area contributed by atoms with Crippen molar-refractivity contribution in [3.05, 3.63) is 50.7 Å². The Kier molecular flexibility index (Phi) is 5.06. The van der Waals surface area contributed by atoms with E-state index in [1.807, 2.05) is 18.2 Å². The molecular weight excluding hydrogens is 324 g/mol. The highest BCUT2D eigenvalue weighted by atomic mass is 32.1. The van der Waals surface area contributed by atoms with Crippen molar-refractivity contribution < 1.29 is 4.74 Å². The van der Waals surface area contributed by atoms with E-state index in [9.17, 15) is 9.59 Å². The highest BCUT2D eigenvalue weighted by molar-refractivity contribution is 7.24. The van der Waals surface area contributed by atoms with Crippen molar-refractivity contribution in [2.45, 2.75) is 32.7 Å². The van der Waals surface area contributed by atoms with Gasteiger partial charge < -0.3 is 4.74 Å². The SMILES string of the molecule is CCCc1nc2sc3ccccc3c(=O)c2c(=O)n1CCCOC. The quantitative estimate of drug-likeness (QED) is 0.509. The minimum atomic E-state index is -0.230. The maximum absolute atomic E-state index is 13.0. The number of hydrogen-bond donors (Lipinski definition) is 0. The minimum Gasteiger partial charge on any atom is -0.385 e. The topological polar surface area (TPSA) is 61.2 Å². The average Bonchev–Trinajstić information content (AvgIpc) is 2.58.